The summed E-state index contributed by atoms with van der Waals surface area (Å²) in [6.45, 7) is 4.65. The average Bonchev–Trinajstić information content (AvgIpc) is 2.74. The first kappa shape index (κ1) is 22.4. The second kappa shape index (κ2) is 10.7. The summed E-state index contributed by atoms with van der Waals surface area (Å²) in [6.07, 6.45) is 0.862. The summed E-state index contributed by atoms with van der Waals surface area (Å²) in [5, 5.41) is 3.87. The van der Waals surface area contributed by atoms with Gasteiger partial charge in [-0.25, -0.2) is 0 Å². The molecule has 1 aliphatic rings. The number of aryl methyl sites for hydroxylation is 1. The van der Waals surface area contributed by atoms with Crippen molar-refractivity contribution in [1.29, 1.82) is 0 Å². The summed E-state index contributed by atoms with van der Waals surface area (Å²) >= 11 is 11.9. The Kier molecular flexibility index (Phi) is 7.96. The number of piperazine rings is 1. The van der Waals surface area contributed by atoms with Gasteiger partial charge in [0, 0.05) is 36.9 Å². The summed E-state index contributed by atoms with van der Waals surface area (Å²) in [4.78, 5) is 28.6. The summed E-state index contributed by atoms with van der Waals surface area (Å²) in [6, 6.07) is 12.7. The third-order valence-electron chi connectivity index (χ3n) is 5.01. The van der Waals surface area contributed by atoms with Gasteiger partial charge in [0.2, 0.25) is 5.91 Å². The number of amides is 2. The Morgan fingerprint density at radius 3 is 2.50 bits per heavy atom. The van der Waals surface area contributed by atoms with E-state index in [0.29, 0.717) is 48.5 Å². The third-order valence-corrected chi connectivity index (χ3v) is 5.54. The van der Waals surface area contributed by atoms with Crippen LogP contribution in [0.5, 0.6) is 5.75 Å². The number of rotatable bonds is 7. The number of hydrogen-bond donors (Lipinski definition) is 1. The molecule has 0 saturated carbocycles. The van der Waals surface area contributed by atoms with Crippen molar-refractivity contribution in [3.8, 4) is 5.75 Å². The summed E-state index contributed by atoms with van der Waals surface area (Å²) in [5.74, 6) is 0.274. The fraction of sp³-hybridized carbons (Fsp3) is 0.364. The third kappa shape index (κ3) is 6.11. The van der Waals surface area contributed by atoms with E-state index in [9.17, 15) is 9.59 Å². The molecule has 160 valence electrons. The van der Waals surface area contributed by atoms with E-state index >= 15 is 0 Å². The molecular formula is C22H25Cl2N3O3. The van der Waals surface area contributed by atoms with E-state index in [4.69, 9.17) is 27.9 Å². The number of para-hydroxylation sites is 1. The molecule has 1 saturated heterocycles. The van der Waals surface area contributed by atoms with Gasteiger partial charge in [0.05, 0.1) is 11.6 Å². The molecule has 0 bridgehead atoms. The minimum Gasteiger partial charge on any atom is -0.482 e. The van der Waals surface area contributed by atoms with Gasteiger partial charge in [-0.3, -0.25) is 14.5 Å². The van der Waals surface area contributed by atoms with Gasteiger partial charge >= 0.3 is 0 Å². The normalized spacial score (nSPS) is 14.4. The van der Waals surface area contributed by atoms with Crippen LogP contribution in [-0.4, -0.2) is 60.9 Å². The Bertz CT molecular complexity index is 899. The van der Waals surface area contributed by atoms with Crippen molar-refractivity contribution in [1.82, 2.24) is 9.80 Å². The molecule has 2 aromatic rings. The van der Waals surface area contributed by atoms with Gasteiger partial charge in [-0.15, -0.1) is 0 Å². The first-order valence-electron chi connectivity index (χ1n) is 9.92. The van der Waals surface area contributed by atoms with Gasteiger partial charge < -0.3 is 15.0 Å². The van der Waals surface area contributed by atoms with Gasteiger partial charge in [-0.1, -0.05) is 48.3 Å². The van der Waals surface area contributed by atoms with E-state index in [2.05, 4.69) is 12.2 Å². The van der Waals surface area contributed by atoms with Gasteiger partial charge in [-0.2, -0.15) is 0 Å². The van der Waals surface area contributed by atoms with Crippen LogP contribution in [0.25, 0.3) is 0 Å². The molecular weight excluding hydrogens is 425 g/mol. The second-order valence-electron chi connectivity index (χ2n) is 7.08. The molecule has 6 nitrogen and oxygen atoms in total. The van der Waals surface area contributed by atoms with Crippen molar-refractivity contribution < 1.29 is 14.3 Å². The van der Waals surface area contributed by atoms with Crippen molar-refractivity contribution in [2.24, 2.45) is 0 Å². The zero-order chi connectivity index (χ0) is 21.5. The molecule has 2 aromatic carbocycles. The van der Waals surface area contributed by atoms with E-state index in [1.807, 2.05) is 29.2 Å². The standard InChI is InChI=1S/C22H25Cl2N3O3/c1-2-16-5-3-4-6-19(16)25-21(28)14-26-9-11-27(12-10-26)22(29)15-30-20-8-7-17(23)13-18(20)24/h3-8,13H,2,9-12,14-15H2,1H3,(H,25,28). The van der Waals surface area contributed by atoms with E-state index in [1.54, 1.807) is 23.1 Å². The lowest BCUT2D eigenvalue weighted by molar-refractivity contribution is -0.135. The largest absolute Gasteiger partial charge is 0.482 e. The highest BCUT2D eigenvalue weighted by atomic mass is 35.5. The number of hydrogen-bond acceptors (Lipinski definition) is 4. The Morgan fingerprint density at radius 1 is 1.07 bits per heavy atom. The molecule has 1 aliphatic heterocycles. The van der Waals surface area contributed by atoms with Gasteiger partial charge in [0.25, 0.3) is 5.91 Å². The molecule has 1 N–H and O–H groups in total. The molecule has 0 aliphatic carbocycles. The van der Waals surface area contributed by atoms with Gasteiger partial charge in [-0.05, 0) is 36.2 Å². The summed E-state index contributed by atoms with van der Waals surface area (Å²) < 4.78 is 5.53. The smallest absolute Gasteiger partial charge is 0.260 e. The fourth-order valence-corrected chi connectivity index (χ4v) is 3.78. The Balaban J connectivity index is 1.42. The highest BCUT2D eigenvalue weighted by molar-refractivity contribution is 6.35. The van der Waals surface area contributed by atoms with Crippen LogP contribution in [0.3, 0.4) is 0 Å². The highest BCUT2D eigenvalue weighted by Gasteiger charge is 2.23. The highest BCUT2D eigenvalue weighted by Crippen LogP contribution is 2.27. The maximum absolute atomic E-state index is 12.4. The van der Waals surface area contributed by atoms with Crippen LogP contribution in [0.4, 0.5) is 5.69 Å². The lowest BCUT2D eigenvalue weighted by Crippen LogP contribution is -2.51. The van der Waals surface area contributed by atoms with E-state index in [-0.39, 0.29) is 18.4 Å². The predicted molar refractivity (Wildman–Crippen MR) is 119 cm³/mol. The minimum absolute atomic E-state index is 0.0450. The van der Waals surface area contributed by atoms with E-state index < -0.39 is 0 Å². The van der Waals surface area contributed by atoms with Crippen LogP contribution >= 0.6 is 23.2 Å². The molecule has 0 aromatic heterocycles. The molecule has 0 spiro atoms. The maximum atomic E-state index is 12.4. The Morgan fingerprint density at radius 2 is 1.80 bits per heavy atom. The first-order valence-corrected chi connectivity index (χ1v) is 10.7. The van der Waals surface area contributed by atoms with Crippen LogP contribution < -0.4 is 10.1 Å². The molecule has 0 atom stereocenters. The topological polar surface area (TPSA) is 61.9 Å². The van der Waals surface area contributed by atoms with E-state index in [1.165, 1.54) is 0 Å². The maximum Gasteiger partial charge on any atom is 0.260 e. The Hall–Kier alpha value is -2.28. The van der Waals surface area contributed by atoms with Crippen molar-refractivity contribution in [3.05, 3.63) is 58.1 Å². The number of carbonyl (C=O) groups is 2. The van der Waals surface area contributed by atoms with Crippen LogP contribution in [0.1, 0.15) is 12.5 Å². The molecule has 1 fully saturated rings. The number of carbonyl (C=O) groups excluding carboxylic acids is 2. The number of nitrogens with one attached hydrogen (secondary N) is 1. The summed E-state index contributed by atoms with van der Waals surface area (Å²) in [5.41, 5.74) is 1.97. The number of halogens is 2. The molecule has 8 heteroatoms. The predicted octanol–water partition coefficient (Wildman–Crippen LogP) is 3.72. The van der Waals surface area contributed by atoms with Crippen LogP contribution in [-0.2, 0) is 16.0 Å². The van der Waals surface area contributed by atoms with Crippen LogP contribution in [0, 0.1) is 0 Å². The monoisotopic (exact) mass is 449 g/mol. The molecule has 1 heterocycles. The number of ether oxygens (including phenoxy) is 1. The molecule has 2 amide bonds. The zero-order valence-corrected chi connectivity index (χ0v) is 18.4. The first-order chi connectivity index (χ1) is 14.5. The second-order valence-corrected chi connectivity index (χ2v) is 7.92. The van der Waals surface area contributed by atoms with Gasteiger partial charge in [0.1, 0.15) is 5.75 Å². The Labute approximate surface area is 186 Å². The average molecular weight is 450 g/mol. The number of benzene rings is 2. The van der Waals surface area contributed by atoms with Crippen molar-refractivity contribution in [2.75, 3.05) is 44.6 Å². The van der Waals surface area contributed by atoms with Crippen molar-refractivity contribution >= 4 is 40.7 Å². The van der Waals surface area contributed by atoms with Crippen LogP contribution in [0.2, 0.25) is 10.0 Å². The number of nitrogens with zero attached hydrogens (tertiary/aromatic N) is 2. The van der Waals surface area contributed by atoms with Crippen molar-refractivity contribution in [2.45, 2.75) is 13.3 Å². The number of anilines is 1. The fourth-order valence-electron chi connectivity index (χ4n) is 3.32. The molecule has 3 rings (SSSR count). The minimum atomic E-state index is -0.109. The van der Waals surface area contributed by atoms with Crippen LogP contribution in [0.15, 0.2) is 42.5 Å². The SMILES string of the molecule is CCc1ccccc1NC(=O)CN1CCN(C(=O)COc2ccc(Cl)cc2Cl)CC1. The lowest BCUT2D eigenvalue weighted by atomic mass is 10.1. The quantitative estimate of drug-likeness (QED) is 0.699. The molecule has 0 radical (unpaired) electrons. The van der Waals surface area contributed by atoms with Gasteiger partial charge in [0.15, 0.2) is 6.61 Å². The van der Waals surface area contributed by atoms with E-state index in [0.717, 1.165) is 17.7 Å². The van der Waals surface area contributed by atoms with Crippen molar-refractivity contribution in [3.63, 3.8) is 0 Å². The summed E-state index contributed by atoms with van der Waals surface area (Å²) in [7, 11) is 0. The zero-order valence-electron chi connectivity index (χ0n) is 16.9. The molecule has 0 unspecified atom stereocenters. The lowest BCUT2D eigenvalue weighted by Gasteiger charge is -2.34. The molecule has 30 heavy (non-hydrogen) atoms.